The predicted octanol–water partition coefficient (Wildman–Crippen LogP) is 4.39. The van der Waals surface area contributed by atoms with Gasteiger partial charge in [-0.1, -0.05) is 36.4 Å². The van der Waals surface area contributed by atoms with Crippen LogP contribution in [0.4, 0.5) is 0 Å². The maximum Gasteiger partial charge on any atom is 0.118 e. The van der Waals surface area contributed by atoms with Gasteiger partial charge in [0, 0.05) is 38.3 Å². The highest BCUT2D eigenvalue weighted by Crippen LogP contribution is 2.51. The molecule has 4 heteroatoms. The second-order valence-corrected chi connectivity index (χ2v) is 10.0. The van der Waals surface area contributed by atoms with E-state index in [1.165, 1.54) is 62.0 Å². The lowest BCUT2D eigenvalue weighted by atomic mass is 9.60. The number of ether oxygens (including phenoxy) is 1. The standard InChI is InChI=1S/C27H37N3O/c1-21-5-3-4-6-25(21)26-20-29(19-22-7-9-24(31-2)10-8-22)15-16-30(26)23-17-27(18-23)11-13-28-14-12-27/h3-10,23,26,28H,11-20H2,1-2H3. The molecule has 3 aliphatic rings. The summed E-state index contributed by atoms with van der Waals surface area (Å²) in [6.45, 7) is 9.16. The van der Waals surface area contributed by atoms with Gasteiger partial charge in [0.15, 0.2) is 0 Å². The number of piperidine rings is 1. The first-order valence-electron chi connectivity index (χ1n) is 12.0. The van der Waals surface area contributed by atoms with Crippen molar-refractivity contribution in [3.63, 3.8) is 0 Å². The van der Waals surface area contributed by atoms with Crippen LogP contribution in [0.25, 0.3) is 0 Å². The van der Waals surface area contributed by atoms with Crippen molar-refractivity contribution in [3.8, 4) is 5.75 Å². The summed E-state index contributed by atoms with van der Waals surface area (Å²) in [7, 11) is 1.73. The third-order valence-corrected chi connectivity index (χ3v) is 8.09. The van der Waals surface area contributed by atoms with Crippen LogP contribution in [0.2, 0.25) is 0 Å². The van der Waals surface area contributed by atoms with Crippen molar-refractivity contribution in [3.05, 3.63) is 65.2 Å². The van der Waals surface area contributed by atoms with E-state index in [2.05, 4.69) is 70.6 Å². The SMILES string of the molecule is COc1ccc(CN2CCN(C3CC4(CCNCC4)C3)C(c3ccccc3C)C2)cc1. The molecule has 166 valence electrons. The van der Waals surface area contributed by atoms with Crippen LogP contribution in [0, 0.1) is 12.3 Å². The van der Waals surface area contributed by atoms with Crippen molar-refractivity contribution in [2.45, 2.75) is 51.2 Å². The first kappa shape index (κ1) is 21.0. The topological polar surface area (TPSA) is 27.7 Å². The van der Waals surface area contributed by atoms with Gasteiger partial charge in [-0.2, -0.15) is 0 Å². The summed E-state index contributed by atoms with van der Waals surface area (Å²) in [4.78, 5) is 5.51. The maximum absolute atomic E-state index is 5.33. The second-order valence-electron chi connectivity index (χ2n) is 10.0. The van der Waals surface area contributed by atoms with E-state index in [1.54, 1.807) is 7.11 Å². The van der Waals surface area contributed by atoms with Gasteiger partial charge >= 0.3 is 0 Å². The lowest BCUT2D eigenvalue weighted by Crippen LogP contribution is -2.59. The molecular weight excluding hydrogens is 382 g/mol. The van der Waals surface area contributed by atoms with Gasteiger partial charge in [0.05, 0.1) is 7.11 Å². The Hall–Kier alpha value is -1.88. The molecule has 2 aliphatic heterocycles. The zero-order valence-corrected chi connectivity index (χ0v) is 19.1. The van der Waals surface area contributed by atoms with E-state index in [-0.39, 0.29) is 0 Å². The zero-order valence-electron chi connectivity index (χ0n) is 19.1. The number of methoxy groups -OCH3 is 1. The summed E-state index contributed by atoms with van der Waals surface area (Å²) in [6.07, 6.45) is 5.54. The van der Waals surface area contributed by atoms with Crippen LogP contribution in [-0.2, 0) is 6.54 Å². The van der Waals surface area contributed by atoms with Crippen LogP contribution >= 0.6 is 0 Å². The first-order valence-corrected chi connectivity index (χ1v) is 12.0. The average Bonchev–Trinajstić information content (AvgIpc) is 2.79. The van der Waals surface area contributed by atoms with Crippen molar-refractivity contribution in [2.24, 2.45) is 5.41 Å². The Morgan fingerprint density at radius 3 is 2.45 bits per heavy atom. The lowest BCUT2D eigenvalue weighted by Gasteiger charge is -2.57. The van der Waals surface area contributed by atoms with Gasteiger partial charge in [-0.25, -0.2) is 0 Å². The monoisotopic (exact) mass is 419 g/mol. The molecule has 2 saturated heterocycles. The van der Waals surface area contributed by atoms with E-state index in [0.29, 0.717) is 11.5 Å². The van der Waals surface area contributed by atoms with Crippen LogP contribution < -0.4 is 10.1 Å². The van der Waals surface area contributed by atoms with Gasteiger partial charge in [0.1, 0.15) is 5.75 Å². The Labute approximate surface area is 187 Å². The van der Waals surface area contributed by atoms with Gasteiger partial charge in [-0.3, -0.25) is 9.80 Å². The number of rotatable bonds is 5. The molecule has 3 fully saturated rings. The third kappa shape index (κ3) is 4.39. The molecule has 1 saturated carbocycles. The number of hydrogen-bond donors (Lipinski definition) is 1. The summed E-state index contributed by atoms with van der Waals surface area (Å²) in [5.41, 5.74) is 4.95. The number of nitrogens with one attached hydrogen (secondary N) is 1. The highest BCUT2D eigenvalue weighted by Gasteiger charge is 2.48. The largest absolute Gasteiger partial charge is 0.497 e. The highest BCUT2D eigenvalue weighted by atomic mass is 16.5. The summed E-state index contributed by atoms with van der Waals surface area (Å²) < 4.78 is 5.33. The van der Waals surface area contributed by atoms with Gasteiger partial charge in [-0.05, 0) is 79.9 Å². The Morgan fingerprint density at radius 2 is 1.74 bits per heavy atom. The lowest BCUT2D eigenvalue weighted by molar-refractivity contribution is -0.0649. The Balaban J connectivity index is 1.31. The molecule has 1 atom stereocenters. The van der Waals surface area contributed by atoms with E-state index in [4.69, 9.17) is 4.74 Å². The molecule has 2 aromatic carbocycles. The van der Waals surface area contributed by atoms with Crippen molar-refractivity contribution in [1.82, 2.24) is 15.1 Å². The van der Waals surface area contributed by atoms with E-state index in [0.717, 1.165) is 31.4 Å². The van der Waals surface area contributed by atoms with Gasteiger partial charge in [-0.15, -0.1) is 0 Å². The molecule has 1 spiro atoms. The minimum Gasteiger partial charge on any atom is -0.497 e. The van der Waals surface area contributed by atoms with Gasteiger partial charge in [0.2, 0.25) is 0 Å². The normalized spacial score (nSPS) is 24.8. The minimum atomic E-state index is 0.497. The van der Waals surface area contributed by atoms with Crippen LogP contribution in [-0.4, -0.2) is 55.7 Å². The van der Waals surface area contributed by atoms with Crippen molar-refractivity contribution in [2.75, 3.05) is 39.8 Å². The van der Waals surface area contributed by atoms with Crippen molar-refractivity contribution >= 4 is 0 Å². The molecule has 5 rings (SSSR count). The fraction of sp³-hybridized carbons (Fsp3) is 0.556. The van der Waals surface area contributed by atoms with E-state index in [9.17, 15) is 0 Å². The van der Waals surface area contributed by atoms with Crippen LogP contribution in [0.5, 0.6) is 5.75 Å². The molecule has 1 N–H and O–H groups in total. The van der Waals surface area contributed by atoms with E-state index < -0.39 is 0 Å². The van der Waals surface area contributed by atoms with Crippen molar-refractivity contribution in [1.29, 1.82) is 0 Å². The molecule has 0 radical (unpaired) electrons. The fourth-order valence-corrected chi connectivity index (χ4v) is 6.20. The molecule has 4 nitrogen and oxygen atoms in total. The first-order chi connectivity index (χ1) is 15.2. The van der Waals surface area contributed by atoms with Crippen LogP contribution in [0.1, 0.15) is 48.4 Å². The Morgan fingerprint density at radius 1 is 1.00 bits per heavy atom. The van der Waals surface area contributed by atoms with Gasteiger partial charge in [0.25, 0.3) is 0 Å². The zero-order chi connectivity index (χ0) is 21.3. The van der Waals surface area contributed by atoms with Crippen LogP contribution in [0.15, 0.2) is 48.5 Å². The molecular formula is C27H37N3O. The number of hydrogen-bond acceptors (Lipinski definition) is 4. The average molecular weight is 420 g/mol. The molecule has 31 heavy (non-hydrogen) atoms. The number of nitrogens with zero attached hydrogens (tertiary/aromatic N) is 2. The number of benzene rings is 2. The molecule has 1 aliphatic carbocycles. The summed E-state index contributed by atoms with van der Waals surface area (Å²) >= 11 is 0. The molecule has 1 unspecified atom stereocenters. The summed E-state index contributed by atoms with van der Waals surface area (Å²) in [6, 6.07) is 18.9. The number of aryl methyl sites for hydroxylation is 1. The minimum absolute atomic E-state index is 0.497. The van der Waals surface area contributed by atoms with E-state index in [1.807, 2.05) is 0 Å². The quantitative estimate of drug-likeness (QED) is 0.778. The molecule has 0 amide bonds. The highest BCUT2D eigenvalue weighted by molar-refractivity contribution is 5.31. The number of piperazine rings is 1. The fourth-order valence-electron chi connectivity index (χ4n) is 6.20. The second kappa shape index (κ2) is 8.93. The molecule has 2 heterocycles. The third-order valence-electron chi connectivity index (χ3n) is 8.09. The maximum atomic E-state index is 5.33. The summed E-state index contributed by atoms with van der Waals surface area (Å²) in [5.74, 6) is 0.934. The molecule has 0 bridgehead atoms. The van der Waals surface area contributed by atoms with Crippen LogP contribution in [0.3, 0.4) is 0 Å². The predicted molar refractivity (Wildman–Crippen MR) is 126 cm³/mol. The molecule has 0 aromatic heterocycles. The Bertz CT molecular complexity index is 866. The van der Waals surface area contributed by atoms with E-state index >= 15 is 0 Å². The summed E-state index contributed by atoms with van der Waals surface area (Å²) in [5, 5.41) is 3.55. The van der Waals surface area contributed by atoms with Crippen molar-refractivity contribution < 1.29 is 4.74 Å². The molecule has 2 aromatic rings. The Kier molecular flexibility index (Phi) is 6.05. The smallest absolute Gasteiger partial charge is 0.118 e. The van der Waals surface area contributed by atoms with Gasteiger partial charge < -0.3 is 10.1 Å².